The molecule has 0 spiro atoms. The summed E-state index contributed by atoms with van der Waals surface area (Å²) in [6.45, 7) is 5.76. The van der Waals surface area contributed by atoms with E-state index in [1.165, 1.54) is 4.90 Å². The van der Waals surface area contributed by atoms with E-state index < -0.39 is 24.5 Å². The Hall–Kier alpha value is -2.71. The molecule has 2 aromatic rings. The summed E-state index contributed by atoms with van der Waals surface area (Å²) in [6, 6.07) is 16.4. The summed E-state index contributed by atoms with van der Waals surface area (Å²) >= 11 is 0. The summed E-state index contributed by atoms with van der Waals surface area (Å²) in [5.41, 5.74) is 1.64. The van der Waals surface area contributed by atoms with E-state index in [1.807, 2.05) is 61.5 Å². The first-order chi connectivity index (χ1) is 15.9. The number of carbonyl (C=O) groups is 1. The highest BCUT2D eigenvalue weighted by Gasteiger charge is 2.34. The zero-order valence-electron chi connectivity index (χ0n) is 19.4. The number of amides is 1. The number of carbonyl (C=O) groups excluding carboxylic acids is 1. The van der Waals surface area contributed by atoms with Gasteiger partial charge in [0.1, 0.15) is 18.5 Å². The highest BCUT2D eigenvalue weighted by molar-refractivity contribution is 5.77. The summed E-state index contributed by atoms with van der Waals surface area (Å²) < 4.78 is 23.1. The number of hydrogen-bond acceptors (Lipinski definition) is 6. The van der Waals surface area contributed by atoms with Gasteiger partial charge in [0.15, 0.2) is 6.29 Å². The molecule has 33 heavy (non-hydrogen) atoms. The second-order valence-corrected chi connectivity index (χ2v) is 8.09. The Morgan fingerprint density at radius 3 is 2.58 bits per heavy atom. The molecule has 0 bridgehead atoms. The SMILES string of the molecule is C=CC[C@@H]1O[C@H](c2ccc(OC)cc2)OC[C@H]1OCC(=O)N(C)[C@@H](C)[C@@H](O)c1ccccc1. The van der Waals surface area contributed by atoms with Crippen LogP contribution in [0.4, 0.5) is 0 Å². The summed E-state index contributed by atoms with van der Waals surface area (Å²) in [5.74, 6) is 0.528. The van der Waals surface area contributed by atoms with Crippen LogP contribution in [0.15, 0.2) is 67.3 Å². The van der Waals surface area contributed by atoms with Crippen LogP contribution in [-0.2, 0) is 19.0 Å². The number of benzene rings is 2. The fourth-order valence-corrected chi connectivity index (χ4v) is 3.69. The Balaban J connectivity index is 1.55. The molecular formula is C26H33NO6. The molecule has 3 rings (SSSR count). The Bertz CT molecular complexity index is 887. The van der Waals surface area contributed by atoms with E-state index in [-0.39, 0.29) is 25.2 Å². The van der Waals surface area contributed by atoms with E-state index >= 15 is 0 Å². The fraction of sp³-hybridized carbons (Fsp3) is 0.423. The molecule has 5 atom stereocenters. The summed E-state index contributed by atoms with van der Waals surface area (Å²) in [7, 11) is 3.28. The van der Waals surface area contributed by atoms with Gasteiger partial charge in [-0.15, -0.1) is 6.58 Å². The standard InChI is InChI=1S/C26H33NO6/c1-5-9-22-23(16-32-26(33-22)20-12-14-21(30-4)15-13-20)31-17-24(28)27(3)18(2)25(29)19-10-7-6-8-11-19/h5-8,10-15,18,22-23,25-26,29H,1,9,16-17H2,2-4H3/t18-,22-,23+,25+,26+/m0/s1. The van der Waals surface area contributed by atoms with Crippen LogP contribution in [0.1, 0.15) is 36.9 Å². The molecule has 1 fully saturated rings. The Morgan fingerprint density at radius 2 is 1.94 bits per heavy atom. The lowest BCUT2D eigenvalue weighted by atomic mass is 10.0. The van der Waals surface area contributed by atoms with Crippen molar-refractivity contribution in [3.8, 4) is 5.75 Å². The van der Waals surface area contributed by atoms with Crippen molar-refractivity contribution in [1.82, 2.24) is 4.90 Å². The first kappa shape index (κ1) is 24.9. The normalized spacial score (nSPS) is 22.2. The predicted octanol–water partition coefficient (Wildman–Crippen LogP) is 3.65. The number of aliphatic hydroxyl groups is 1. The molecule has 7 heteroatoms. The van der Waals surface area contributed by atoms with E-state index in [1.54, 1.807) is 20.2 Å². The number of ether oxygens (including phenoxy) is 4. The molecule has 1 aliphatic rings. The van der Waals surface area contributed by atoms with Crippen LogP contribution in [0.2, 0.25) is 0 Å². The lowest BCUT2D eigenvalue weighted by Crippen LogP contribution is -2.45. The Morgan fingerprint density at radius 1 is 1.24 bits per heavy atom. The molecule has 1 heterocycles. The third-order valence-corrected chi connectivity index (χ3v) is 5.94. The van der Waals surface area contributed by atoms with Crippen LogP contribution in [0.3, 0.4) is 0 Å². The van der Waals surface area contributed by atoms with Crippen LogP contribution in [-0.4, -0.2) is 61.5 Å². The van der Waals surface area contributed by atoms with Gasteiger partial charge in [-0.05, 0) is 31.0 Å². The van der Waals surface area contributed by atoms with Crippen molar-refractivity contribution in [3.05, 3.63) is 78.4 Å². The van der Waals surface area contributed by atoms with Crippen LogP contribution in [0, 0.1) is 0 Å². The minimum absolute atomic E-state index is 0.138. The van der Waals surface area contributed by atoms with E-state index in [0.717, 1.165) is 16.9 Å². The van der Waals surface area contributed by atoms with Gasteiger partial charge in [0.25, 0.3) is 0 Å². The van der Waals surface area contributed by atoms with Crippen LogP contribution in [0.5, 0.6) is 5.75 Å². The molecule has 0 radical (unpaired) electrons. The van der Waals surface area contributed by atoms with Crippen molar-refractivity contribution in [3.63, 3.8) is 0 Å². The van der Waals surface area contributed by atoms with Gasteiger partial charge in [-0.2, -0.15) is 0 Å². The van der Waals surface area contributed by atoms with Crippen LogP contribution < -0.4 is 4.74 Å². The van der Waals surface area contributed by atoms with E-state index in [2.05, 4.69) is 6.58 Å². The van der Waals surface area contributed by atoms with Gasteiger partial charge in [-0.1, -0.05) is 48.5 Å². The summed E-state index contributed by atoms with van der Waals surface area (Å²) in [4.78, 5) is 14.3. The lowest BCUT2D eigenvalue weighted by Gasteiger charge is -2.36. The van der Waals surface area contributed by atoms with Gasteiger partial charge in [0, 0.05) is 12.6 Å². The molecule has 2 aromatic carbocycles. The van der Waals surface area contributed by atoms with Gasteiger partial charge < -0.3 is 29.0 Å². The first-order valence-electron chi connectivity index (χ1n) is 11.1. The van der Waals surface area contributed by atoms with Crippen molar-refractivity contribution < 1.29 is 28.8 Å². The number of hydrogen-bond donors (Lipinski definition) is 1. The second-order valence-electron chi connectivity index (χ2n) is 8.09. The largest absolute Gasteiger partial charge is 0.497 e. The second kappa shape index (κ2) is 12.0. The molecule has 1 N–H and O–H groups in total. The maximum absolute atomic E-state index is 12.7. The predicted molar refractivity (Wildman–Crippen MR) is 125 cm³/mol. The van der Waals surface area contributed by atoms with Crippen molar-refractivity contribution in [2.75, 3.05) is 27.4 Å². The zero-order valence-corrected chi connectivity index (χ0v) is 19.4. The average molecular weight is 456 g/mol. The molecular weight excluding hydrogens is 422 g/mol. The van der Waals surface area contributed by atoms with E-state index in [4.69, 9.17) is 18.9 Å². The third-order valence-electron chi connectivity index (χ3n) is 5.94. The fourth-order valence-electron chi connectivity index (χ4n) is 3.69. The van der Waals surface area contributed by atoms with E-state index in [0.29, 0.717) is 6.42 Å². The van der Waals surface area contributed by atoms with Crippen molar-refractivity contribution in [1.29, 1.82) is 0 Å². The highest BCUT2D eigenvalue weighted by Crippen LogP contribution is 2.30. The Labute approximate surface area is 195 Å². The average Bonchev–Trinajstić information content (AvgIpc) is 2.87. The smallest absolute Gasteiger partial charge is 0.248 e. The van der Waals surface area contributed by atoms with Gasteiger partial charge in [-0.25, -0.2) is 0 Å². The van der Waals surface area contributed by atoms with Gasteiger partial charge in [-0.3, -0.25) is 4.79 Å². The molecule has 0 aromatic heterocycles. The number of nitrogens with zero attached hydrogens (tertiary/aromatic N) is 1. The molecule has 1 aliphatic heterocycles. The molecule has 0 unspecified atom stereocenters. The van der Waals surface area contributed by atoms with Crippen LogP contribution in [0.25, 0.3) is 0 Å². The van der Waals surface area contributed by atoms with Crippen LogP contribution >= 0.6 is 0 Å². The quantitative estimate of drug-likeness (QED) is 0.551. The maximum atomic E-state index is 12.7. The minimum Gasteiger partial charge on any atom is -0.497 e. The van der Waals surface area contributed by atoms with Crippen molar-refractivity contribution >= 4 is 5.91 Å². The molecule has 1 saturated heterocycles. The minimum atomic E-state index is -0.791. The van der Waals surface area contributed by atoms with Gasteiger partial charge in [0.2, 0.25) is 5.91 Å². The molecule has 0 saturated carbocycles. The van der Waals surface area contributed by atoms with Gasteiger partial charge >= 0.3 is 0 Å². The molecule has 0 aliphatic carbocycles. The molecule has 1 amide bonds. The van der Waals surface area contributed by atoms with E-state index in [9.17, 15) is 9.90 Å². The van der Waals surface area contributed by atoms with Gasteiger partial charge in [0.05, 0.1) is 32.0 Å². The topological polar surface area (TPSA) is 77.5 Å². The number of rotatable bonds is 10. The molecule has 178 valence electrons. The monoisotopic (exact) mass is 455 g/mol. The third kappa shape index (κ3) is 6.42. The number of methoxy groups -OCH3 is 1. The highest BCUT2D eigenvalue weighted by atomic mass is 16.7. The zero-order chi connectivity index (χ0) is 23.8. The lowest BCUT2D eigenvalue weighted by molar-refractivity contribution is -0.264. The summed E-state index contributed by atoms with van der Waals surface area (Å²) in [6.07, 6.45) is 0.302. The summed E-state index contributed by atoms with van der Waals surface area (Å²) in [5, 5.41) is 10.6. The first-order valence-corrected chi connectivity index (χ1v) is 11.1. The van der Waals surface area contributed by atoms with Crippen molar-refractivity contribution in [2.24, 2.45) is 0 Å². The van der Waals surface area contributed by atoms with Crippen molar-refractivity contribution in [2.45, 2.75) is 44.0 Å². The number of likely N-dealkylation sites (N-methyl/N-ethyl adjacent to an activating group) is 1. The molecule has 7 nitrogen and oxygen atoms in total. The Kier molecular flexibility index (Phi) is 9.03. The number of aliphatic hydroxyl groups excluding tert-OH is 1. The maximum Gasteiger partial charge on any atom is 0.248 e.